The summed E-state index contributed by atoms with van der Waals surface area (Å²) in [5, 5.41) is 9.72. The molecule has 2 unspecified atom stereocenters. The normalized spacial score (nSPS) is 28.9. The Balaban J connectivity index is 1.74. The summed E-state index contributed by atoms with van der Waals surface area (Å²) in [7, 11) is 0. The molecule has 2 rings (SSSR count). The van der Waals surface area contributed by atoms with Crippen LogP contribution in [0.5, 0.6) is 0 Å². The number of piperidine rings is 2. The number of likely N-dealkylation sites (tertiary alicyclic amines) is 2. The van der Waals surface area contributed by atoms with E-state index < -0.39 is 0 Å². The van der Waals surface area contributed by atoms with Crippen molar-refractivity contribution in [1.82, 2.24) is 9.80 Å². The minimum atomic E-state index is -0.108. The molecule has 0 aromatic carbocycles. The highest BCUT2D eigenvalue weighted by Gasteiger charge is 2.29. The van der Waals surface area contributed by atoms with Crippen LogP contribution in [0.2, 0.25) is 0 Å². The van der Waals surface area contributed by atoms with Gasteiger partial charge in [0.05, 0.1) is 6.10 Å². The van der Waals surface area contributed by atoms with E-state index in [1.165, 1.54) is 0 Å². The first kappa shape index (κ1) is 17.7. The highest BCUT2D eigenvalue weighted by Crippen LogP contribution is 2.26. The summed E-state index contributed by atoms with van der Waals surface area (Å²) in [5.41, 5.74) is 0.0813. The van der Waals surface area contributed by atoms with Gasteiger partial charge >= 0.3 is 0 Å². The smallest absolute Gasteiger partial charge is 0.223 e. The van der Waals surface area contributed by atoms with Crippen molar-refractivity contribution in [2.45, 2.75) is 71.9 Å². The van der Waals surface area contributed by atoms with Crippen molar-refractivity contribution in [1.29, 1.82) is 0 Å². The quantitative estimate of drug-likeness (QED) is 0.871. The molecule has 2 atom stereocenters. The van der Waals surface area contributed by atoms with Crippen LogP contribution in [-0.4, -0.2) is 59.1 Å². The standard InChI is InChI=1S/C18H34N2O2/c1-14-11-16(21)7-10-20(14)13-15-5-8-19(9-6-15)17(22)12-18(2,3)4/h14-16,21H,5-13H2,1-4H3. The molecule has 0 spiro atoms. The average Bonchev–Trinajstić information content (AvgIpc) is 2.41. The van der Waals surface area contributed by atoms with Gasteiger partial charge in [0.15, 0.2) is 0 Å². The SMILES string of the molecule is CC1CC(O)CCN1CC1CCN(C(=O)CC(C)(C)C)CC1. The Morgan fingerprint density at radius 2 is 1.77 bits per heavy atom. The van der Waals surface area contributed by atoms with Crippen LogP contribution in [0.15, 0.2) is 0 Å². The molecule has 2 fully saturated rings. The second-order valence-electron chi connectivity index (χ2n) is 8.58. The second-order valence-corrected chi connectivity index (χ2v) is 8.58. The second kappa shape index (κ2) is 7.31. The summed E-state index contributed by atoms with van der Waals surface area (Å²) in [6.45, 7) is 12.6. The van der Waals surface area contributed by atoms with E-state index in [1.807, 2.05) is 0 Å². The number of rotatable bonds is 3. The number of aliphatic hydroxyl groups excluding tert-OH is 1. The minimum absolute atomic E-state index is 0.0813. The monoisotopic (exact) mass is 310 g/mol. The molecule has 22 heavy (non-hydrogen) atoms. The van der Waals surface area contributed by atoms with Crippen molar-refractivity contribution in [2.75, 3.05) is 26.2 Å². The van der Waals surface area contributed by atoms with Gasteiger partial charge in [-0.25, -0.2) is 0 Å². The van der Waals surface area contributed by atoms with Crippen LogP contribution in [0.1, 0.15) is 59.8 Å². The molecule has 4 nitrogen and oxygen atoms in total. The Kier molecular flexibility index (Phi) is 5.89. The first-order valence-electron chi connectivity index (χ1n) is 8.94. The number of carbonyl (C=O) groups excluding carboxylic acids is 1. The van der Waals surface area contributed by atoms with Gasteiger partial charge in [0.2, 0.25) is 5.91 Å². The van der Waals surface area contributed by atoms with Crippen molar-refractivity contribution in [2.24, 2.45) is 11.3 Å². The highest BCUT2D eigenvalue weighted by atomic mass is 16.3. The van der Waals surface area contributed by atoms with Crippen LogP contribution in [0, 0.1) is 11.3 Å². The molecular formula is C18H34N2O2. The van der Waals surface area contributed by atoms with E-state index in [0.29, 0.717) is 24.3 Å². The van der Waals surface area contributed by atoms with Gasteiger partial charge in [0.1, 0.15) is 0 Å². The van der Waals surface area contributed by atoms with E-state index in [0.717, 1.165) is 51.9 Å². The predicted molar refractivity (Wildman–Crippen MR) is 89.7 cm³/mol. The number of hydrogen-bond acceptors (Lipinski definition) is 3. The van der Waals surface area contributed by atoms with Gasteiger partial charge < -0.3 is 14.9 Å². The number of amides is 1. The zero-order chi connectivity index (χ0) is 16.3. The third kappa shape index (κ3) is 5.24. The minimum Gasteiger partial charge on any atom is -0.393 e. The summed E-state index contributed by atoms with van der Waals surface area (Å²) in [4.78, 5) is 16.9. The molecule has 2 aliphatic rings. The first-order valence-corrected chi connectivity index (χ1v) is 8.94. The molecule has 0 saturated carbocycles. The van der Waals surface area contributed by atoms with Crippen LogP contribution < -0.4 is 0 Å². The fourth-order valence-corrected chi connectivity index (χ4v) is 3.73. The molecule has 0 bridgehead atoms. The lowest BCUT2D eigenvalue weighted by molar-refractivity contribution is -0.134. The Bertz CT molecular complexity index is 370. The van der Waals surface area contributed by atoms with E-state index in [-0.39, 0.29) is 11.5 Å². The van der Waals surface area contributed by atoms with Crippen LogP contribution in [0.25, 0.3) is 0 Å². The molecule has 0 aliphatic carbocycles. The molecule has 0 aromatic rings. The largest absolute Gasteiger partial charge is 0.393 e. The van der Waals surface area contributed by atoms with Gasteiger partial charge in [-0.1, -0.05) is 20.8 Å². The first-order chi connectivity index (χ1) is 10.2. The van der Waals surface area contributed by atoms with Gasteiger partial charge in [0.25, 0.3) is 0 Å². The van der Waals surface area contributed by atoms with Crippen LogP contribution in [0.4, 0.5) is 0 Å². The molecule has 0 radical (unpaired) electrons. The Hall–Kier alpha value is -0.610. The van der Waals surface area contributed by atoms with Crippen LogP contribution >= 0.6 is 0 Å². The van der Waals surface area contributed by atoms with Crippen molar-refractivity contribution >= 4 is 5.91 Å². The fourth-order valence-electron chi connectivity index (χ4n) is 3.73. The number of carbonyl (C=O) groups is 1. The summed E-state index contributed by atoms with van der Waals surface area (Å²) in [6, 6.07) is 0.490. The lowest BCUT2D eigenvalue weighted by Crippen LogP contribution is -2.47. The van der Waals surface area contributed by atoms with Crippen molar-refractivity contribution in [3.05, 3.63) is 0 Å². The lowest BCUT2D eigenvalue weighted by Gasteiger charge is -2.40. The van der Waals surface area contributed by atoms with E-state index in [9.17, 15) is 9.90 Å². The molecule has 1 N–H and O–H groups in total. The van der Waals surface area contributed by atoms with Gasteiger partial charge in [-0.15, -0.1) is 0 Å². The molecule has 128 valence electrons. The summed E-state index contributed by atoms with van der Waals surface area (Å²) in [5.74, 6) is 1.02. The van der Waals surface area contributed by atoms with E-state index >= 15 is 0 Å². The van der Waals surface area contributed by atoms with Gasteiger partial charge in [-0.3, -0.25) is 4.79 Å². The van der Waals surface area contributed by atoms with Crippen LogP contribution in [-0.2, 0) is 4.79 Å². The molecule has 4 heteroatoms. The zero-order valence-corrected chi connectivity index (χ0v) is 14.8. The van der Waals surface area contributed by atoms with Crippen LogP contribution in [0.3, 0.4) is 0 Å². The van der Waals surface area contributed by atoms with E-state index in [4.69, 9.17) is 0 Å². The Labute approximate surface area is 135 Å². The molecule has 2 heterocycles. The zero-order valence-electron chi connectivity index (χ0n) is 14.8. The third-order valence-electron chi connectivity index (χ3n) is 5.13. The number of nitrogens with zero attached hydrogens (tertiary/aromatic N) is 2. The Morgan fingerprint density at radius 1 is 1.14 bits per heavy atom. The number of hydrogen-bond donors (Lipinski definition) is 1. The molecule has 1 amide bonds. The maximum absolute atomic E-state index is 12.3. The summed E-state index contributed by atoms with van der Waals surface area (Å²) >= 11 is 0. The topological polar surface area (TPSA) is 43.8 Å². The lowest BCUT2D eigenvalue weighted by atomic mass is 9.90. The van der Waals surface area contributed by atoms with Gasteiger partial charge in [-0.05, 0) is 43.9 Å². The maximum atomic E-state index is 12.3. The summed E-state index contributed by atoms with van der Waals surface area (Å²) < 4.78 is 0. The van der Waals surface area contributed by atoms with Crippen molar-refractivity contribution in [3.8, 4) is 0 Å². The predicted octanol–water partition coefficient (Wildman–Crippen LogP) is 2.51. The van der Waals surface area contributed by atoms with Gasteiger partial charge in [0, 0.05) is 38.6 Å². The fraction of sp³-hybridized carbons (Fsp3) is 0.944. The maximum Gasteiger partial charge on any atom is 0.223 e. The third-order valence-corrected chi connectivity index (χ3v) is 5.13. The number of aliphatic hydroxyl groups is 1. The Morgan fingerprint density at radius 3 is 2.32 bits per heavy atom. The molecular weight excluding hydrogens is 276 g/mol. The van der Waals surface area contributed by atoms with E-state index in [2.05, 4.69) is 37.5 Å². The molecule has 0 aromatic heterocycles. The van der Waals surface area contributed by atoms with Gasteiger partial charge in [-0.2, -0.15) is 0 Å². The summed E-state index contributed by atoms with van der Waals surface area (Å²) in [6.07, 6.45) is 4.61. The van der Waals surface area contributed by atoms with Crippen molar-refractivity contribution < 1.29 is 9.90 Å². The highest BCUT2D eigenvalue weighted by molar-refractivity contribution is 5.76. The molecule has 2 aliphatic heterocycles. The molecule has 2 saturated heterocycles. The average molecular weight is 310 g/mol. The van der Waals surface area contributed by atoms with Crippen molar-refractivity contribution in [3.63, 3.8) is 0 Å². The van der Waals surface area contributed by atoms with E-state index in [1.54, 1.807) is 0 Å².